The van der Waals surface area contributed by atoms with Crippen LogP contribution in [0.3, 0.4) is 0 Å². The van der Waals surface area contributed by atoms with Gasteiger partial charge in [-0.1, -0.05) is 40.2 Å². The van der Waals surface area contributed by atoms with Crippen LogP contribution in [0.15, 0.2) is 53.0 Å². The number of benzene rings is 2. The summed E-state index contributed by atoms with van der Waals surface area (Å²) >= 11 is 3.37. The van der Waals surface area contributed by atoms with E-state index in [-0.39, 0.29) is 0 Å². The van der Waals surface area contributed by atoms with E-state index in [2.05, 4.69) is 15.9 Å². The summed E-state index contributed by atoms with van der Waals surface area (Å²) < 4.78 is 12.5. The molecule has 3 nitrogen and oxygen atoms in total. The van der Waals surface area contributed by atoms with Gasteiger partial charge in [-0.3, -0.25) is 0 Å². The van der Waals surface area contributed by atoms with Crippen LogP contribution in [-0.4, -0.2) is 11.2 Å². The molecule has 2 aromatic carbocycles. The van der Waals surface area contributed by atoms with Crippen LogP contribution in [0.2, 0.25) is 0 Å². The summed E-state index contributed by atoms with van der Waals surface area (Å²) in [5, 5.41) is 10.8. The van der Waals surface area contributed by atoms with Gasteiger partial charge in [0.25, 0.3) is 5.79 Å². The molecular formula is C15H13BrO3. The highest BCUT2D eigenvalue weighted by Gasteiger charge is 2.44. The van der Waals surface area contributed by atoms with Gasteiger partial charge >= 0.3 is 0 Å². The second-order valence-corrected chi connectivity index (χ2v) is 5.43. The third-order valence-electron chi connectivity index (χ3n) is 3.23. The normalized spacial score (nSPS) is 25.1. The van der Waals surface area contributed by atoms with Crippen LogP contribution in [0.1, 0.15) is 12.5 Å². The highest BCUT2D eigenvalue weighted by atomic mass is 79.9. The van der Waals surface area contributed by atoms with Crippen molar-refractivity contribution in [2.75, 3.05) is 0 Å². The third kappa shape index (κ3) is 2.11. The Bertz CT molecular complexity index is 597. The van der Waals surface area contributed by atoms with E-state index in [4.69, 9.17) is 9.47 Å². The molecule has 0 fully saturated rings. The van der Waals surface area contributed by atoms with Gasteiger partial charge in [-0.2, -0.15) is 0 Å². The molecule has 98 valence electrons. The first kappa shape index (κ1) is 12.5. The molecule has 0 saturated heterocycles. The van der Waals surface area contributed by atoms with E-state index in [1.54, 1.807) is 13.0 Å². The molecule has 0 spiro atoms. The van der Waals surface area contributed by atoms with Crippen molar-refractivity contribution in [1.82, 2.24) is 0 Å². The summed E-state index contributed by atoms with van der Waals surface area (Å²) in [6.45, 7) is 1.79. The van der Waals surface area contributed by atoms with E-state index in [0.29, 0.717) is 17.1 Å². The van der Waals surface area contributed by atoms with Crippen molar-refractivity contribution in [2.45, 2.75) is 18.8 Å². The average molecular weight is 321 g/mol. The maximum atomic E-state index is 10.8. The zero-order valence-corrected chi connectivity index (χ0v) is 11.9. The molecule has 1 N–H and O–H groups in total. The van der Waals surface area contributed by atoms with Gasteiger partial charge in [0.2, 0.25) is 0 Å². The third-order valence-corrected chi connectivity index (χ3v) is 3.76. The van der Waals surface area contributed by atoms with E-state index in [0.717, 1.165) is 4.47 Å². The quantitative estimate of drug-likeness (QED) is 0.874. The zero-order chi connectivity index (χ0) is 13.5. The highest BCUT2D eigenvalue weighted by molar-refractivity contribution is 9.10. The van der Waals surface area contributed by atoms with Gasteiger partial charge < -0.3 is 14.6 Å². The molecule has 2 atom stereocenters. The number of hydrogen-bond donors (Lipinski definition) is 1. The van der Waals surface area contributed by atoms with Crippen LogP contribution in [0.25, 0.3) is 0 Å². The van der Waals surface area contributed by atoms with E-state index >= 15 is 0 Å². The van der Waals surface area contributed by atoms with Crippen molar-refractivity contribution in [2.24, 2.45) is 0 Å². The molecule has 0 amide bonds. The first-order valence-corrected chi connectivity index (χ1v) is 6.82. The van der Waals surface area contributed by atoms with Gasteiger partial charge in [-0.15, -0.1) is 0 Å². The SMILES string of the molecule is C[C@@H]1Oc2ccccc2O[C@]1(O)c1ccc(Br)cc1. The Labute approximate surface area is 119 Å². The number of para-hydroxylation sites is 2. The summed E-state index contributed by atoms with van der Waals surface area (Å²) in [6.07, 6.45) is -0.497. The highest BCUT2D eigenvalue weighted by Crippen LogP contribution is 2.41. The molecule has 0 aliphatic carbocycles. The predicted octanol–water partition coefficient (Wildman–Crippen LogP) is 3.45. The van der Waals surface area contributed by atoms with E-state index in [1.165, 1.54) is 0 Å². The molecule has 4 heteroatoms. The molecule has 3 rings (SSSR count). The summed E-state index contributed by atoms with van der Waals surface area (Å²) in [5.41, 5.74) is 0.665. The fourth-order valence-electron chi connectivity index (χ4n) is 2.14. The molecule has 1 aliphatic rings. The maximum absolute atomic E-state index is 10.8. The molecule has 0 aromatic heterocycles. The lowest BCUT2D eigenvalue weighted by Gasteiger charge is -2.39. The fourth-order valence-corrected chi connectivity index (χ4v) is 2.40. The predicted molar refractivity (Wildman–Crippen MR) is 75.2 cm³/mol. The number of halogens is 1. The zero-order valence-electron chi connectivity index (χ0n) is 10.3. The monoisotopic (exact) mass is 320 g/mol. The second kappa shape index (κ2) is 4.54. The van der Waals surface area contributed by atoms with Crippen LogP contribution in [0, 0.1) is 0 Å². The van der Waals surface area contributed by atoms with Crippen molar-refractivity contribution in [1.29, 1.82) is 0 Å². The van der Waals surface area contributed by atoms with Crippen LogP contribution in [-0.2, 0) is 5.79 Å². The Morgan fingerprint density at radius 2 is 1.68 bits per heavy atom. The lowest BCUT2D eigenvalue weighted by Crippen LogP contribution is -2.48. The Morgan fingerprint density at radius 1 is 1.05 bits per heavy atom. The van der Waals surface area contributed by atoms with Crippen molar-refractivity contribution in [3.8, 4) is 11.5 Å². The van der Waals surface area contributed by atoms with Crippen LogP contribution >= 0.6 is 15.9 Å². The van der Waals surface area contributed by atoms with Crippen LogP contribution in [0.4, 0.5) is 0 Å². The van der Waals surface area contributed by atoms with Gasteiger partial charge in [0.15, 0.2) is 17.6 Å². The van der Waals surface area contributed by atoms with E-state index in [9.17, 15) is 5.11 Å². The van der Waals surface area contributed by atoms with Crippen LogP contribution < -0.4 is 9.47 Å². The Balaban J connectivity index is 2.03. The molecule has 0 radical (unpaired) electrons. The minimum Gasteiger partial charge on any atom is -0.480 e. The topological polar surface area (TPSA) is 38.7 Å². The second-order valence-electron chi connectivity index (χ2n) is 4.51. The van der Waals surface area contributed by atoms with Gasteiger partial charge in [-0.25, -0.2) is 0 Å². The first-order valence-electron chi connectivity index (χ1n) is 6.03. The van der Waals surface area contributed by atoms with Crippen molar-refractivity contribution >= 4 is 15.9 Å². The van der Waals surface area contributed by atoms with E-state index in [1.807, 2.05) is 42.5 Å². The van der Waals surface area contributed by atoms with Gasteiger partial charge in [0.1, 0.15) is 0 Å². The summed E-state index contributed by atoms with van der Waals surface area (Å²) in [6, 6.07) is 14.7. The van der Waals surface area contributed by atoms with Crippen molar-refractivity contribution < 1.29 is 14.6 Å². The largest absolute Gasteiger partial charge is 0.480 e. The molecule has 1 heterocycles. The number of ether oxygens (including phenoxy) is 2. The summed E-state index contributed by atoms with van der Waals surface area (Å²) in [5.74, 6) is -0.280. The minimum absolute atomic E-state index is 0.497. The number of rotatable bonds is 1. The maximum Gasteiger partial charge on any atom is 0.272 e. The molecule has 2 aromatic rings. The molecular weight excluding hydrogens is 308 g/mol. The molecule has 19 heavy (non-hydrogen) atoms. The lowest BCUT2D eigenvalue weighted by molar-refractivity contribution is -0.216. The average Bonchev–Trinajstić information content (AvgIpc) is 2.41. The molecule has 0 unspecified atom stereocenters. The van der Waals surface area contributed by atoms with Crippen LogP contribution in [0.5, 0.6) is 11.5 Å². The summed E-state index contributed by atoms with van der Waals surface area (Å²) in [4.78, 5) is 0. The Morgan fingerprint density at radius 3 is 2.37 bits per heavy atom. The standard InChI is InChI=1S/C15H13BrO3/c1-10-15(17,11-6-8-12(16)9-7-11)19-14-5-3-2-4-13(14)18-10/h2-10,17H,1H3/t10-,15-/m0/s1. The van der Waals surface area contributed by atoms with Crippen molar-refractivity contribution in [3.63, 3.8) is 0 Å². The molecule has 1 aliphatic heterocycles. The number of fused-ring (bicyclic) bond motifs is 1. The lowest BCUT2D eigenvalue weighted by atomic mass is 9.99. The number of aliphatic hydroxyl groups is 1. The summed E-state index contributed by atoms with van der Waals surface area (Å²) in [7, 11) is 0. The van der Waals surface area contributed by atoms with Gasteiger partial charge in [0, 0.05) is 10.0 Å². The van der Waals surface area contributed by atoms with Crippen molar-refractivity contribution in [3.05, 3.63) is 58.6 Å². The molecule has 0 bridgehead atoms. The minimum atomic E-state index is -1.48. The first-order chi connectivity index (χ1) is 9.09. The number of hydrogen-bond acceptors (Lipinski definition) is 3. The fraction of sp³-hybridized carbons (Fsp3) is 0.200. The van der Waals surface area contributed by atoms with Gasteiger partial charge in [-0.05, 0) is 31.2 Å². The van der Waals surface area contributed by atoms with E-state index < -0.39 is 11.9 Å². The Kier molecular flexibility index (Phi) is 2.99. The Hall–Kier alpha value is -1.52. The smallest absolute Gasteiger partial charge is 0.272 e. The van der Waals surface area contributed by atoms with Gasteiger partial charge in [0.05, 0.1) is 0 Å². The molecule has 0 saturated carbocycles.